The molecule has 0 N–H and O–H groups in total. The van der Waals surface area contributed by atoms with Crippen molar-refractivity contribution in [2.45, 2.75) is 32.1 Å². The predicted octanol–water partition coefficient (Wildman–Crippen LogP) is 3.82. The molecule has 10 heavy (non-hydrogen) atoms. The molecule has 3 heteroatoms. The molecule has 0 saturated carbocycles. The second-order valence-electron chi connectivity index (χ2n) is 2.75. The summed E-state index contributed by atoms with van der Waals surface area (Å²) in [6.07, 6.45) is 10.7. The molecule has 0 nitrogen and oxygen atoms in total. The molecule has 0 radical (unpaired) electrons. The molecule has 1 saturated heterocycles. The van der Waals surface area contributed by atoms with E-state index in [1.807, 2.05) is 0 Å². The van der Waals surface area contributed by atoms with Gasteiger partial charge in [-0.05, 0) is 25.2 Å². The van der Waals surface area contributed by atoms with Gasteiger partial charge < -0.3 is 0 Å². The first-order valence-corrected chi connectivity index (χ1v) is 9.62. The third-order valence-electron chi connectivity index (χ3n) is 1.78. The third-order valence-corrected chi connectivity index (χ3v) is 9.08. The van der Waals surface area contributed by atoms with Gasteiger partial charge in [0.2, 0.25) is 0 Å². The quantitative estimate of drug-likeness (QED) is 0.514. The first-order chi connectivity index (χ1) is 5.00. The van der Waals surface area contributed by atoms with Gasteiger partial charge in [0.1, 0.15) is 0 Å². The minimum atomic E-state index is 1.32. The van der Waals surface area contributed by atoms with E-state index in [4.69, 9.17) is 0 Å². The molecule has 0 amide bonds. The van der Waals surface area contributed by atoms with E-state index >= 15 is 0 Å². The normalized spacial score (nSPS) is 31.2. The Labute approximate surface area is 69.5 Å². The molecule has 0 spiro atoms. The van der Waals surface area contributed by atoms with E-state index in [9.17, 15) is 0 Å². The maximum Gasteiger partial charge on any atom is -0.0314 e. The van der Waals surface area contributed by atoms with Gasteiger partial charge in [0.05, 0.1) is 0 Å². The Kier molecular flexibility index (Phi) is 6.53. The SMILES string of the molecule is C1CCCPPPCCC1. The fraction of sp³-hybridized carbons (Fsp3) is 1.00. The van der Waals surface area contributed by atoms with Crippen molar-refractivity contribution in [3.8, 4) is 0 Å². The van der Waals surface area contributed by atoms with Crippen LogP contribution in [0, 0.1) is 0 Å². The summed E-state index contributed by atoms with van der Waals surface area (Å²) in [4.78, 5) is 0. The van der Waals surface area contributed by atoms with Crippen LogP contribution in [0.25, 0.3) is 0 Å². The van der Waals surface area contributed by atoms with Gasteiger partial charge in [0.15, 0.2) is 0 Å². The molecular weight excluding hydrogens is 177 g/mol. The standard InChI is InChI=1S/C7H17P3/c1-2-4-6-8-10-9-7-5-3-1/h8-10H,1-7H2. The maximum atomic E-state index is 1.55. The first kappa shape index (κ1) is 9.38. The lowest BCUT2D eigenvalue weighted by Gasteiger charge is -2.06. The number of hydrogen-bond acceptors (Lipinski definition) is 0. The highest BCUT2D eigenvalue weighted by Crippen LogP contribution is 2.53. The van der Waals surface area contributed by atoms with Gasteiger partial charge in [0.25, 0.3) is 0 Å². The van der Waals surface area contributed by atoms with Crippen molar-refractivity contribution >= 4 is 24.5 Å². The second kappa shape index (κ2) is 6.97. The van der Waals surface area contributed by atoms with Gasteiger partial charge >= 0.3 is 0 Å². The van der Waals surface area contributed by atoms with Crippen LogP contribution in [0.2, 0.25) is 0 Å². The lowest BCUT2D eigenvalue weighted by molar-refractivity contribution is 0.662. The highest BCUT2D eigenvalue weighted by Gasteiger charge is 1.95. The number of rotatable bonds is 0. The van der Waals surface area contributed by atoms with Gasteiger partial charge in [-0.1, -0.05) is 43.8 Å². The van der Waals surface area contributed by atoms with Crippen LogP contribution in [-0.2, 0) is 0 Å². The average Bonchev–Trinajstić information content (AvgIpc) is 2.01. The van der Waals surface area contributed by atoms with E-state index in [2.05, 4.69) is 0 Å². The fourth-order valence-corrected chi connectivity index (χ4v) is 7.93. The van der Waals surface area contributed by atoms with Crippen LogP contribution in [-0.4, -0.2) is 12.3 Å². The summed E-state index contributed by atoms with van der Waals surface area (Å²) in [7, 11) is 3.98. The van der Waals surface area contributed by atoms with Crippen LogP contribution >= 0.6 is 24.5 Å². The first-order valence-electron chi connectivity index (χ1n) is 4.21. The van der Waals surface area contributed by atoms with Crippen molar-refractivity contribution in [3.05, 3.63) is 0 Å². The van der Waals surface area contributed by atoms with Crippen molar-refractivity contribution < 1.29 is 0 Å². The van der Waals surface area contributed by atoms with E-state index in [1.54, 1.807) is 12.3 Å². The third kappa shape index (κ3) is 5.01. The van der Waals surface area contributed by atoms with Crippen LogP contribution in [0.5, 0.6) is 0 Å². The van der Waals surface area contributed by atoms with Crippen molar-refractivity contribution in [3.63, 3.8) is 0 Å². The van der Waals surface area contributed by atoms with Crippen LogP contribution in [0.3, 0.4) is 0 Å². The number of hydrogen-bond donors (Lipinski definition) is 0. The summed E-state index contributed by atoms with van der Waals surface area (Å²) < 4.78 is 0. The van der Waals surface area contributed by atoms with Gasteiger partial charge in [-0.3, -0.25) is 0 Å². The molecule has 0 aromatic carbocycles. The monoisotopic (exact) mass is 194 g/mol. The Bertz CT molecular complexity index is 42.0. The largest absolute Gasteiger partial charge is 0.0950 e. The summed E-state index contributed by atoms with van der Waals surface area (Å²) in [5, 5.41) is 0. The highest BCUT2D eigenvalue weighted by molar-refractivity contribution is 8.43. The van der Waals surface area contributed by atoms with E-state index in [-0.39, 0.29) is 0 Å². The molecular formula is C7H17P3. The molecule has 1 heterocycles. The van der Waals surface area contributed by atoms with Crippen molar-refractivity contribution in [1.82, 2.24) is 0 Å². The van der Waals surface area contributed by atoms with Gasteiger partial charge in [-0.15, -0.1) is 0 Å². The zero-order valence-corrected chi connectivity index (χ0v) is 9.45. The Balaban J connectivity index is 2.00. The predicted molar refractivity (Wildman–Crippen MR) is 57.8 cm³/mol. The molecule has 0 aromatic rings. The highest BCUT2D eigenvalue weighted by atomic mass is 32.4. The summed E-state index contributed by atoms with van der Waals surface area (Å²) >= 11 is 0. The van der Waals surface area contributed by atoms with Crippen LogP contribution in [0.4, 0.5) is 0 Å². The molecule has 2 unspecified atom stereocenters. The molecule has 0 aliphatic carbocycles. The Morgan fingerprint density at radius 3 is 1.70 bits per heavy atom. The summed E-state index contributed by atoms with van der Waals surface area (Å²) in [5.74, 6) is 0. The average molecular weight is 194 g/mol. The molecule has 1 fully saturated rings. The molecule has 0 aromatic heterocycles. The van der Waals surface area contributed by atoms with Crippen LogP contribution < -0.4 is 0 Å². The van der Waals surface area contributed by atoms with E-state index in [0.29, 0.717) is 0 Å². The lowest BCUT2D eigenvalue weighted by atomic mass is 10.2. The van der Waals surface area contributed by atoms with Crippen molar-refractivity contribution in [2.24, 2.45) is 0 Å². The molecule has 1 aliphatic heterocycles. The van der Waals surface area contributed by atoms with Crippen LogP contribution in [0.1, 0.15) is 32.1 Å². The van der Waals surface area contributed by atoms with Gasteiger partial charge in [-0.2, -0.15) is 0 Å². The molecule has 1 aliphatic rings. The van der Waals surface area contributed by atoms with E-state index < -0.39 is 0 Å². The van der Waals surface area contributed by atoms with E-state index in [0.717, 1.165) is 0 Å². The topological polar surface area (TPSA) is 0 Å². The van der Waals surface area contributed by atoms with Gasteiger partial charge in [-0.25, -0.2) is 0 Å². The zero-order chi connectivity index (χ0) is 7.07. The Morgan fingerprint density at radius 2 is 1.10 bits per heavy atom. The smallest absolute Gasteiger partial charge is 0.0314 e. The lowest BCUT2D eigenvalue weighted by Crippen LogP contribution is -1.82. The summed E-state index contributed by atoms with van der Waals surface area (Å²) in [6.45, 7) is 0. The summed E-state index contributed by atoms with van der Waals surface area (Å²) in [6, 6.07) is 0. The van der Waals surface area contributed by atoms with Gasteiger partial charge in [0, 0.05) is 0 Å². The summed E-state index contributed by atoms with van der Waals surface area (Å²) in [5.41, 5.74) is 0. The van der Waals surface area contributed by atoms with E-state index in [1.165, 1.54) is 56.6 Å². The molecule has 0 bridgehead atoms. The Hall–Kier alpha value is 1.29. The zero-order valence-electron chi connectivity index (χ0n) is 6.45. The molecule has 1 rings (SSSR count). The van der Waals surface area contributed by atoms with Crippen molar-refractivity contribution in [2.75, 3.05) is 12.3 Å². The minimum absolute atomic E-state index is 1.32. The van der Waals surface area contributed by atoms with Crippen LogP contribution in [0.15, 0.2) is 0 Å². The molecule has 2 atom stereocenters. The second-order valence-corrected chi connectivity index (χ2v) is 9.82. The maximum absolute atomic E-state index is 1.55. The molecule has 60 valence electrons. The fourth-order valence-electron chi connectivity index (χ4n) is 1.14. The minimum Gasteiger partial charge on any atom is -0.0950 e. The Morgan fingerprint density at radius 1 is 0.600 bits per heavy atom. The van der Waals surface area contributed by atoms with Crippen molar-refractivity contribution in [1.29, 1.82) is 0 Å².